The average molecular weight is 392 g/mol. The molecule has 2 heterocycles. The zero-order valence-electron chi connectivity index (χ0n) is 11.4. The van der Waals surface area contributed by atoms with Crippen LogP contribution in [0.3, 0.4) is 0 Å². The number of pyridine rings is 1. The van der Waals surface area contributed by atoms with Gasteiger partial charge in [0.05, 0.1) is 15.9 Å². The first-order valence-electron chi connectivity index (χ1n) is 6.34. The van der Waals surface area contributed by atoms with Crippen LogP contribution in [0.1, 0.15) is 5.69 Å². The molecule has 0 aliphatic heterocycles. The minimum atomic E-state index is 0.399. The highest BCUT2D eigenvalue weighted by Gasteiger charge is 2.13. The molecule has 1 aromatic carbocycles. The van der Waals surface area contributed by atoms with Crippen LogP contribution in [0.4, 0.5) is 5.82 Å². The van der Waals surface area contributed by atoms with Crippen LogP contribution in [-0.2, 0) is 11.3 Å². The third-order valence-corrected chi connectivity index (χ3v) is 4.31. The molecule has 21 heavy (non-hydrogen) atoms. The van der Waals surface area contributed by atoms with Crippen molar-refractivity contribution in [2.75, 3.05) is 12.8 Å². The quantitative estimate of drug-likeness (QED) is 0.694. The van der Waals surface area contributed by atoms with E-state index < -0.39 is 0 Å². The van der Waals surface area contributed by atoms with Crippen molar-refractivity contribution in [3.8, 4) is 11.4 Å². The summed E-state index contributed by atoms with van der Waals surface area (Å²) in [6.07, 6.45) is 3.59. The Morgan fingerprint density at radius 3 is 2.81 bits per heavy atom. The molecule has 0 unspecified atom stereocenters. The molecule has 0 bridgehead atoms. The van der Waals surface area contributed by atoms with Gasteiger partial charge in [-0.1, -0.05) is 24.3 Å². The molecular weight excluding hydrogens is 379 g/mol. The molecule has 0 aliphatic rings. The van der Waals surface area contributed by atoms with Crippen LogP contribution in [0, 0.1) is 3.57 Å². The van der Waals surface area contributed by atoms with E-state index in [0.717, 1.165) is 25.6 Å². The maximum absolute atomic E-state index is 6.00. The summed E-state index contributed by atoms with van der Waals surface area (Å²) < 4.78 is 6.00. The lowest BCUT2D eigenvalue weighted by atomic mass is 10.1. The Hall–Kier alpha value is -1.80. The summed E-state index contributed by atoms with van der Waals surface area (Å²) in [6.45, 7) is 0.399. The zero-order chi connectivity index (χ0) is 14.8. The molecule has 0 radical (unpaired) electrons. The van der Waals surface area contributed by atoms with Crippen LogP contribution in [-0.4, -0.2) is 22.1 Å². The molecule has 0 aliphatic carbocycles. The van der Waals surface area contributed by atoms with E-state index in [9.17, 15) is 0 Å². The Labute approximate surface area is 135 Å². The smallest absolute Gasteiger partial charge is 0.164 e. The Bertz CT molecular complexity index is 802. The molecule has 0 fully saturated rings. The van der Waals surface area contributed by atoms with E-state index in [4.69, 9.17) is 10.5 Å². The van der Waals surface area contributed by atoms with Gasteiger partial charge in [-0.2, -0.15) is 0 Å². The van der Waals surface area contributed by atoms with Crippen molar-refractivity contribution >= 4 is 39.2 Å². The maximum atomic E-state index is 6.00. The summed E-state index contributed by atoms with van der Waals surface area (Å²) in [5.74, 6) is 1.03. The van der Waals surface area contributed by atoms with Gasteiger partial charge in [0.2, 0.25) is 0 Å². The Balaban J connectivity index is 2.23. The van der Waals surface area contributed by atoms with E-state index in [0.29, 0.717) is 18.2 Å². The average Bonchev–Trinajstić information content (AvgIpc) is 2.51. The van der Waals surface area contributed by atoms with Crippen molar-refractivity contribution in [2.24, 2.45) is 0 Å². The number of methoxy groups -OCH3 is 1. The molecule has 3 aromatic rings. The first kappa shape index (κ1) is 14.2. The van der Waals surface area contributed by atoms with Crippen molar-refractivity contribution in [2.45, 2.75) is 6.61 Å². The van der Waals surface area contributed by atoms with Crippen molar-refractivity contribution in [1.29, 1.82) is 0 Å². The number of hydrogen-bond donors (Lipinski definition) is 1. The number of hydrogen-bond acceptors (Lipinski definition) is 5. The van der Waals surface area contributed by atoms with E-state index in [-0.39, 0.29) is 0 Å². The number of benzene rings is 1. The summed E-state index contributed by atoms with van der Waals surface area (Å²) in [6, 6.07) is 8.00. The lowest BCUT2D eigenvalue weighted by molar-refractivity contribution is 0.181. The third kappa shape index (κ3) is 2.68. The van der Waals surface area contributed by atoms with Gasteiger partial charge in [-0.3, -0.25) is 4.98 Å². The number of nitrogens with zero attached hydrogens (tertiary/aromatic N) is 3. The van der Waals surface area contributed by atoms with Gasteiger partial charge in [0, 0.05) is 30.5 Å². The van der Waals surface area contributed by atoms with E-state index in [2.05, 4.69) is 37.5 Å². The largest absolute Gasteiger partial charge is 0.383 e. The highest BCUT2D eigenvalue weighted by Crippen LogP contribution is 2.27. The molecule has 2 N–H and O–H groups in total. The molecule has 3 rings (SSSR count). The van der Waals surface area contributed by atoms with Gasteiger partial charge in [-0.25, -0.2) is 9.97 Å². The summed E-state index contributed by atoms with van der Waals surface area (Å²) >= 11 is 2.14. The van der Waals surface area contributed by atoms with E-state index in [1.54, 1.807) is 13.3 Å². The highest BCUT2D eigenvalue weighted by atomic mass is 127. The van der Waals surface area contributed by atoms with Gasteiger partial charge in [0.1, 0.15) is 5.82 Å². The molecule has 0 amide bonds. The maximum Gasteiger partial charge on any atom is 0.164 e. The van der Waals surface area contributed by atoms with Gasteiger partial charge in [0.15, 0.2) is 5.82 Å². The van der Waals surface area contributed by atoms with Crippen LogP contribution in [0.5, 0.6) is 0 Å². The van der Waals surface area contributed by atoms with Gasteiger partial charge in [-0.05, 0) is 28.0 Å². The van der Waals surface area contributed by atoms with Gasteiger partial charge in [-0.15, -0.1) is 0 Å². The minimum absolute atomic E-state index is 0.399. The second-order valence-corrected chi connectivity index (χ2v) is 5.61. The molecular formula is C15H13IN4O. The molecule has 0 saturated carbocycles. The number of rotatable bonds is 3. The van der Waals surface area contributed by atoms with Gasteiger partial charge >= 0.3 is 0 Å². The number of halogens is 1. The molecule has 106 valence electrons. The third-order valence-electron chi connectivity index (χ3n) is 3.14. The Morgan fingerprint density at radius 1 is 1.19 bits per heavy atom. The standard InChI is InChI=1S/C15H13IN4O/c1-21-8-12-13(16)14(17)20-15(19-12)11-7-18-6-9-4-2-3-5-10(9)11/h2-7H,8H2,1H3,(H2,17,19,20). The molecule has 0 atom stereocenters. The minimum Gasteiger partial charge on any atom is -0.383 e. The van der Waals surface area contributed by atoms with Crippen LogP contribution >= 0.6 is 22.6 Å². The fraction of sp³-hybridized carbons (Fsp3) is 0.133. The fourth-order valence-electron chi connectivity index (χ4n) is 2.16. The predicted molar refractivity (Wildman–Crippen MR) is 90.6 cm³/mol. The predicted octanol–water partition coefficient (Wildman–Crippen LogP) is 3.03. The number of aromatic nitrogens is 3. The zero-order valence-corrected chi connectivity index (χ0v) is 13.5. The van der Waals surface area contributed by atoms with Crippen molar-refractivity contribution in [1.82, 2.24) is 15.0 Å². The van der Waals surface area contributed by atoms with Crippen molar-refractivity contribution in [3.63, 3.8) is 0 Å². The SMILES string of the molecule is COCc1nc(-c2cncc3ccccc23)nc(N)c1I. The Morgan fingerprint density at radius 2 is 2.00 bits per heavy atom. The van der Waals surface area contributed by atoms with Gasteiger partial charge < -0.3 is 10.5 Å². The number of fused-ring (bicyclic) bond motifs is 1. The number of nitrogen functional groups attached to an aromatic ring is 1. The monoisotopic (exact) mass is 392 g/mol. The molecule has 5 nitrogen and oxygen atoms in total. The van der Waals surface area contributed by atoms with E-state index in [1.165, 1.54) is 0 Å². The first-order valence-corrected chi connectivity index (χ1v) is 7.42. The first-order chi connectivity index (χ1) is 10.2. The van der Waals surface area contributed by atoms with Crippen molar-refractivity contribution < 1.29 is 4.74 Å². The highest BCUT2D eigenvalue weighted by molar-refractivity contribution is 14.1. The summed E-state index contributed by atoms with van der Waals surface area (Å²) in [7, 11) is 1.63. The lowest BCUT2D eigenvalue weighted by Crippen LogP contribution is -2.06. The molecule has 0 saturated heterocycles. The molecule has 6 heteroatoms. The number of anilines is 1. The summed E-state index contributed by atoms with van der Waals surface area (Å²) in [5, 5.41) is 2.10. The van der Waals surface area contributed by atoms with Crippen LogP contribution < -0.4 is 5.73 Å². The van der Waals surface area contributed by atoms with Crippen LogP contribution in [0.25, 0.3) is 22.2 Å². The normalized spacial score (nSPS) is 11.0. The van der Waals surface area contributed by atoms with E-state index >= 15 is 0 Å². The topological polar surface area (TPSA) is 73.9 Å². The number of ether oxygens (including phenoxy) is 1. The second kappa shape index (κ2) is 5.90. The number of nitrogens with two attached hydrogens (primary N) is 1. The van der Waals surface area contributed by atoms with Crippen LogP contribution in [0.2, 0.25) is 0 Å². The van der Waals surface area contributed by atoms with Gasteiger partial charge in [0.25, 0.3) is 0 Å². The summed E-state index contributed by atoms with van der Waals surface area (Å²) in [5.41, 5.74) is 7.65. The fourth-order valence-corrected chi connectivity index (χ4v) is 2.56. The van der Waals surface area contributed by atoms with E-state index in [1.807, 2.05) is 30.5 Å². The Kier molecular flexibility index (Phi) is 3.98. The summed E-state index contributed by atoms with van der Waals surface area (Å²) in [4.78, 5) is 13.2. The molecule has 2 aromatic heterocycles. The molecule has 0 spiro atoms. The second-order valence-electron chi connectivity index (χ2n) is 4.53. The lowest BCUT2D eigenvalue weighted by Gasteiger charge is -2.10. The van der Waals surface area contributed by atoms with Crippen molar-refractivity contribution in [3.05, 3.63) is 45.9 Å². The van der Waals surface area contributed by atoms with Crippen LogP contribution in [0.15, 0.2) is 36.7 Å².